The van der Waals surface area contributed by atoms with E-state index in [1.807, 2.05) is 0 Å². The van der Waals surface area contributed by atoms with Crippen molar-refractivity contribution in [1.82, 2.24) is 0 Å². The van der Waals surface area contributed by atoms with Gasteiger partial charge in [0.2, 0.25) is 0 Å². The lowest BCUT2D eigenvalue weighted by molar-refractivity contribution is 0.844. The third kappa shape index (κ3) is 1.32. The van der Waals surface area contributed by atoms with E-state index in [1.165, 1.54) is 10.8 Å². The zero-order valence-corrected chi connectivity index (χ0v) is 8.33. The third-order valence-corrected chi connectivity index (χ3v) is 2.78. The molecule has 3 rings (SSSR count). The van der Waals surface area contributed by atoms with Crippen LogP contribution in [0.2, 0.25) is 0 Å². The molecular weight excluding hydrogens is 186 g/mol. The highest BCUT2D eigenvalue weighted by atomic mass is 15.2. The summed E-state index contributed by atoms with van der Waals surface area (Å²) in [7, 11) is 0. The summed E-state index contributed by atoms with van der Waals surface area (Å²) in [6, 6.07) is 12.7. The van der Waals surface area contributed by atoms with E-state index in [2.05, 4.69) is 47.0 Å². The summed E-state index contributed by atoms with van der Waals surface area (Å²) in [6.45, 7) is 0.588. The van der Waals surface area contributed by atoms with E-state index in [0.29, 0.717) is 6.54 Å². The van der Waals surface area contributed by atoms with Gasteiger partial charge >= 0.3 is 0 Å². The van der Waals surface area contributed by atoms with Crippen molar-refractivity contribution < 1.29 is 0 Å². The van der Waals surface area contributed by atoms with Crippen LogP contribution in [0, 0.1) is 0 Å². The van der Waals surface area contributed by atoms with Gasteiger partial charge in [0.15, 0.2) is 0 Å². The minimum absolute atomic E-state index is 0.164. The molecule has 0 amide bonds. The Hall–Kier alpha value is -1.74. The van der Waals surface area contributed by atoms with Crippen LogP contribution in [0.15, 0.2) is 36.4 Å². The average Bonchev–Trinajstić information content (AvgIpc) is 2.67. The van der Waals surface area contributed by atoms with Crippen LogP contribution in [0.1, 0.15) is 0 Å². The van der Waals surface area contributed by atoms with E-state index >= 15 is 0 Å². The van der Waals surface area contributed by atoms with E-state index in [4.69, 9.17) is 5.73 Å². The Kier molecular flexibility index (Phi) is 1.79. The topological polar surface area (TPSA) is 50.1 Å². The maximum Gasteiger partial charge on any atom is 0.109 e. The van der Waals surface area contributed by atoms with Crippen molar-refractivity contribution in [3.8, 4) is 0 Å². The summed E-state index contributed by atoms with van der Waals surface area (Å²) in [5.41, 5.74) is 7.90. The van der Waals surface area contributed by atoms with E-state index in [9.17, 15) is 0 Å². The molecule has 1 aliphatic rings. The molecule has 0 saturated heterocycles. The maximum absolute atomic E-state index is 5.61. The minimum Gasteiger partial charge on any atom is -0.363 e. The number of hydrogen-bond acceptors (Lipinski definition) is 3. The van der Waals surface area contributed by atoms with E-state index in [0.717, 1.165) is 11.4 Å². The van der Waals surface area contributed by atoms with Gasteiger partial charge in [-0.2, -0.15) is 0 Å². The van der Waals surface area contributed by atoms with Crippen LogP contribution in [0.3, 0.4) is 0 Å². The van der Waals surface area contributed by atoms with Gasteiger partial charge in [-0.1, -0.05) is 24.3 Å². The highest BCUT2D eigenvalue weighted by Gasteiger charge is 2.17. The summed E-state index contributed by atoms with van der Waals surface area (Å²) in [5, 5.41) is 9.19. The fourth-order valence-corrected chi connectivity index (χ4v) is 2.01. The van der Waals surface area contributed by atoms with Gasteiger partial charge in [-0.15, -0.1) is 0 Å². The first-order valence-electron chi connectivity index (χ1n) is 5.13. The lowest BCUT2D eigenvalue weighted by Crippen LogP contribution is -2.31. The van der Waals surface area contributed by atoms with Crippen LogP contribution in [0.25, 0.3) is 10.8 Å². The molecule has 0 radical (unpaired) electrons. The lowest BCUT2D eigenvalue weighted by Gasteiger charge is -2.07. The standard InChI is InChI=1S/C12H13N3/c13-7-12-14-10-5-8-3-1-2-4-9(8)6-11(10)15-12/h1-6,12,14-15H,7,13H2. The van der Waals surface area contributed by atoms with Gasteiger partial charge in [-0.25, -0.2) is 0 Å². The van der Waals surface area contributed by atoms with Crippen LogP contribution >= 0.6 is 0 Å². The third-order valence-electron chi connectivity index (χ3n) is 2.78. The summed E-state index contributed by atoms with van der Waals surface area (Å²) in [4.78, 5) is 0. The monoisotopic (exact) mass is 199 g/mol. The smallest absolute Gasteiger partial charge is 0.109 e. The Labute approximate surface area is 88.3 Å². The Morgan fingerprint density at radius 2 is 1.53 bits per heavy atom. The highest BCUT2D eigenvalue weighted by Crippen LogP contribution is 2.32. The number of nitrogens with two attached hydrogens (primary N) is 1. The fraction of sp³-hybridized carbons (Fsp3) is 0.167. The molecule has 2 aromatic rings. The molecule has 0 aliphatic carbocycles. The molecule has 0 saturated carbocycles. The zero-order valence-electron chi connectivity index (χ0n) is 8.33. The Bertz CT molecular complexity index is 463. The van der Waals surface area contributed by atoms with Crippen LogP contribution < -0.4 is 16.4 Å². The fourth-order valence-electron chi connectivity index (χ4n) is 2.01. The number of anilines is 2. The van der Waals surface area contributed by atoms with Crippen molar-refractivity contribution >= 4 is 22.1 Å². The predicted octanol–water partition coefficient (Wildman–Crippen LogP) is 1.96. The summed E-state index contributed by atoms with van der Waals surface area (Å²) < 4.78 is 0. The molecule has 0 spiro atoms. The molecule has 4 N–H and O–H groups in total. The first-order valence-corrected chi connectivity index (χ1v) is 5.13. The Balaban J connectivity index is 2.14. The molecule has 1 aliphatic heterocycles. The van der Waals surface area contributed by atoms with Crippen molar-refractivity contribution in [2.24, 2.45) is 5.73 Å². The molecule has 2 aromatic carbocycles. The zero-order chi connectivity index (χ0) is 10.3. The quantitative estimate of drug-likeness (QED) is 0.658. The molecule has 0 fully saturated rings. The molecule has 76 valence electrons. The van der Waals surface area contributed by atoms with Gasteiger partial charge in [0, 0.05) is 6.54 Å². The molecule has 15 heavy (non-hydrogen) atoms. The van der Waals surface area contributed by atoms with Gasteiger partial charge in [-0.05, 0) is 22.9 Å². The van der Waals surface area contributed by atoms with Crippen molar-refractivity contribution in [3.05, 3.63) is 36.4 Å². The molecule has 0 bridgehead atoms. The van der Waals surface area contributed by atoms with Gasteiger partial charge in [-0.3, -0.25) is 0 Å². The highest BCUT2D eigenvalue weighted by molar-refractivity contribution is 5.93. The Morgan fingerprint density at radius 1 is 1.00 bits per heavy atom. The summed E-state index contributed by atoms with van der Waals surface area (Å²) >= 11 is 0. The van der Waals surface area contributed by atoms with Gasteiger partial charge in [0.1, 0.15) is 6.17 Å². The second kappa shape index (κ2) is 3.14. The second-order valence-electron chi connectivity index (χ2n) is 3.82. The van der Waals surface area contributed by atoms with Crippen LogP contribution in [-0.2, 0) is 0 Å². The summed E-state index contributed by atoms with van der Waals surface area (Å²) in [6.07, 6.45) is 0.164. The van der Waals surface area contributed by atoms with Crippen LogP contribution in [0.5, 0.6) is 0 Å². The maximum atomic E-state index is 5.61. The number of nitrogens with one attached hydrogen (secondary N) is 2. The van der Waals surface area contributed by atoms with Crippen molar-refractivity contribution in [2.45, 2.75) is 6.17 Å². The molecule has 0 atom stereocenters. The average molecular weight is 199 g/mol. The molecule has 1 heterocycles. The van der Waals surface area contributed by atoms with Crippen molar-refractivity contribution in [2.75, 3.05) is 17.2 Å². The van der Waals surface area contributed by atoms with E-state index in [-0.39, 0.29) is 6.17 Å². The van der Waals surface area contributed by atoms with Crippen molar-refractivity contribution in [3.63, 3.8) is 0 Å². The first-order chi connectivity index (χ1) is 7.36. The van der Waals surface area contributed by atoms with Crippen molar-refractivity contribution in [1.29, 1.82) is 0 Å². The number of fused-ring (bicyclic) bond motifs is 2. The molecule has 3 nitrogen and oxygen atoms in total. The number of hydrogen-bond donors (Lipinski definition) is 3. The van der Waals surface area contributed by atoms with Gasteiger partial charge in [0.05, 0.1) is 11.4 Å². The van der Waals surface area contributed by atoms with E-state index in [1.54, 1.807) is 0 Å². The molecule has 0 aromatic heterocycles. The minimum atomic E-state index is 0.164. The molecule has 3 heteroatoms. The second-order valence-corrected chi connectivity index (χ2v) is 3.82. The SMILES string of the molecule is NCC1Nc2cc3ccccc3cc2N1. The van der Waals surface area contributed by atoms with Gasteiger partial charge in [0.25, 0.3) is 0 Å². The number of rotatable bonds is 1. The Morgan fingerprint density at radius 3 is 2.00 bits per heavy atom. The van der Waals surface area contributed by atoms with Crippen LogP contribution in [-0.4, -0.2) is 12.7 Å². The largest absolute Gasteiger partial charge is 0.363 e. The van der Waals surface area contributed by atoms with Crippen LogP contribution in [0.4, 0.5) is 11.4 Å². The lowest BCUT2D eigenvalue weighted by atomic mass is 10.1. The molecular formula is C12H13N3. The summed E-state index contributed by atoms with van der Waals surface area (Å²) in [5.74, 6) is 0. The molecule has 0 unspecified atom stereocenters. The first kappa shape index (κ1) is 8.56. The van der Waals surface area contributed by atoms with Gasteiger partial charge < -0.3 is 16.4 Å². The van der Waals surface area contributed by atoms with E-state index < -0.39 is 0 Å². The number of benzene rings is 2. The normalized spacial score (nSPS) is 14.7. The predicted molar refractivity (Wildman–Crippen MR) is 64.0 cm³/mol.